The molecule has 1 aromatic carbocycles. The number of anilines is 1. The van der Waals surface area contributed by atoms with E-state index in [9.17, 15) is 13.2 Å². The number of ether oxygens (including phenoxy) is 1. The first-order valence-corrected chi connectivity index (χ1v) is 5.51. The Morgan fingerprint density at radius 2 is 1.89 bits per heavy atom. The molecule has 0 spiro atoms. The minimum absolute atomic E-state index is 0.0597. The van der Waals surface area contributed by atoms with Crippen molar-refractivity contribution in [3.05, 3.63) is 47.1 Å². The van der Waals surface area contributed by atoms with E-state index < -0.39 is 11.7 Å². The summed E-state index contributed by atoms with van der Waals surface area (Å²) in [5, 5.41) is 0.272. The number of pyridine rings is 1. The molecule has 19 heavy (non-hydrogen) atoms. The molecule has 100 valence electrons. The van der Waals surface area contributed by atoms with E-state index in [1.54, 1.807) is 0 Å². The number of halogens is 4. The highest BCUT2D eigenvalue weighted by Crippen LogP contribution is 2.38. The van der Waals surface area contributed by atoms with Gasteiger partial charge in [0.2, 0.25) is 5.88 Å². The third-order valence-corrected chi connectivity index (χ3v) is 2.45. The maximum Gasteiger partial charge on any atom is 0.419 e. The molecule has 0 atom stereocenters. The Hall–Kier alpha value is -1.95. The van der Waals surface area contributed by atoms with Crippen molar-refractivity contribution in [3.8, 4) is 11.6 Å². The van der Waals surface area contributed by atoms with Crippen LogP contribution in [0, 0.1) is 0 Å². The first-order valence-electron chi connectivity index (χ1n) is 5.13. The molecule has 2 N–H and O–H groups in total. The van der Waals surface area contributed by atoms with Gasteiger partial charge in [-0.3, -0.25) is 0 Å². The lowest BCUT2D eigenvalue weighted by atomic mass is 10.2. The molecule has 0 unspecified atom stereocenters. The van der Waals surface area contributed by atoms with Crippen LogP contribution in [0.1, 0.15) is 5.56 Å². The molecule has 1 heterocycles. The second-order valence-electron chi connectivity index (χ2n) is 3.64. The lowest BCUT2D eigenvalue weighted by Gasteiger charge is -2.13. The Labute approximate surface area is 111 Å². The van der Waals surface area contributed by atoms with E-state index in [1.807, 2.05) is 0 Å². The molecular formula is C12H8ClF3N2O. The van der Waals surface area contributed by atoms with Gasteiger partial charge in [-0.15, -0.1) is 0 Å². The van der Waals surface area contributed by atoms with Gasteiger partial charge in [0.25, 0.3) is 0 Å². The van der Waals surface area contributed by atoms with E-state index in [-0.39, 0.29) is 22.3 Å². The minimum atomic E-state index is -4.52. The fraction of sp³-hybridized carbons (Fsp3) is 0.0833. The number of alkyl halides is 3. The van der Waals surface area contributed by atoms with Crippen molar-refractivity contribution in [3.63, 3.8) is 0 Å². The van der Waals surface area contributed by atoms with Gasteiger partial charge < -0.3 is 10.5 Å². The number of hydrogen-bond acceptors (Lipinski definition) is 3. The molecule has 0 amide bonds. The molecule has 2 rings (SSSR count). The molecule has 0 fully saturated rings. The van der Waals surface area contributed by atoms with Gasteiger partial charge in [0.15, 0.2) is 0 Å². The summed E-state index contributed by atoms with van der Waals surface area (Å²) in [7, 11) is 0. The van der Waals surface area contributed by atoms with Crippen LogP contribution in [0.3, 0.4) is 0 Å². The Morgan fingerprint density at radius 1 is 1.21 bits per heavy atom. The molecule has 0 radical (unpaired) electrons. The largest absolute Gasteiger partial charge is 0.436 e. The standard InChI is InChI=1S/C12H8ClF3N2O/c13-7-5-9(17)11(18-6-7)19-10-4-2-1-3-8(10)12(14,15)16/h1-6H,17H2. The quantitative estimate of drug-likeness (QED) is 0.904. The van der Waals surface area contributed by atoms with Crippen molar-refractivity contribution in [2.45, 2.75) is 6.18 Å². The Morgan fingerprint density at radius 3 is 2.53 bits per heavy atom. The zero-order valence-electron chi connectivity index (χ0n) is 9.41. The van der Waals surface area contributed by atoms with Crippen molar-refractivity contribution in [2.24, 2.45) is 0 Å². The van der Waals surface area contributed by atoms with Crippen LogP contribution in [-0.4, -0.2) is 4.98 Å². The van der Waals surface area contributed by atoms with Gasteiger partial charge in [0, 0.05) is 6.20 Å². The van der Waals surface area contributed by atoms with Crippen LogP contribution >= 0.6 is 11.6 Å². The van der Waals surface area contributed by atoms with Gasteiger partial charge in [-0.1, -0.05) is 23.7 Å². The monoisotopic (exact) mass is 288 g/mol. The van der Waals surface area contributed by atoms with Crippen LogP contribution in [0.4, 0.5) is 18.9 Å². The Kier molecular flexibility index (Phi) is 3.53. The summed E-state index contributed by atoms with van der Waals surface area (Å²) in [6.07, 6.45) is -3.28. The maximum atomic E-state index is 12.8. The lowest BCUT2D eigenvalue weighted by molar-refractivity contribution is -0.138. The van der Waals surface area contributed by atoms with Crippen molar-refractivity contribution in [1.29, 1.82) is 0 Å². The van der Waals surface area contributed by atoms with Crippen molar-refractivity contribution in [2.75, 3.05) is 5.73 Å². The van der Waals surface area contributed by atoms with Crippen LogP contribution in [-0.2, 0) is 6.18 Å². The molecule has 1 aromatic heterocycles. The number of nitrogens with zero attached hydrogens (tertiary/aromatic N) is 1. The lowest BCUT2D eigenvalue weighted by Crippen LogP contribution is -2.07. The number of nitrogens with two attached hydrogens (primary N) is 1. The molecule has 0 bridgehead atoms. The summed E-state index contributed by atoms with van der Waals surface area (Å²) >= 11 is 5.65. The fourth-order valence-electron chi connectivity index (χ4n) is 1.42. The van der Waals surface area contributed by atoms with E-state index >= 15 is 0 Å². The van der Waals surface area contributed by atoms with Crippen molar-refractivity contribution >= 4 is 17.3 Å². The summed E-state index contributed by atoms with van der Waals surface area (Å²) in [4.78, 5) is 3.75. The van der Waals surface area contributed by atoms with E-state index in [4.69, 9.17) is 22.1 Å². The molecule has 0 saturated heterocycles. The van der Waals surface area contributed by atoms with Gasteiger partial charge >= 0.3 is 6.18 Å². The number of aromatic nitrogens is 1. The number of nitrogen functional groups attached to an aromatic ring is 1. The molecule has 0 aliphatic rings. The van der Waals surface area contributed by atoms with Gasteiger partial charge in [0.1, 0.15) is 5.75 Å². The second kappa shape index (κ2) is 4.97. The topological polar surface area (TPSA) is 48.1 Å². The predicted molar refractivity (Wildman–Crippen MR) is 65.2 cm³/mol. The molecule has 2 aromatic rings. The molecule has 0 aliphatic carbocycles. The summed E-state index contributed by atoms with van der Waals surface area (Å²) in [6.45, 7) is 0. The highest BCUT2D eigenvalue weighted by Gasteiger charge is 2.34. The predicted octanol–water partition coefficient (Wildman–Crippen LogP) is 4.13. The zero-order chi connectivity index (χ0) is 14.0. The molecule has 3 nitrogen and oxygen atoms in total. The van der Waals surface area contributed by atoms with Crippen LogP contribution in [0.15, 0.2) is 36.5 Å². The first kappa shape index (κ1) is 13.5. The average molecular weight is 289 g/mol. The van der Waals surface area contributed by atoms with Crippen molar-refractivity contribution in [1.82, 2.24) is 4.98 Å². The van der Waals surface area contributed by atoms with Gasteiger partial charge in [-0.2, -0.15) is 13.2 Å². The number of rotatable bonds is 2. The van der Waals surface area contributed by atoms with E-state index in [0.717, 1.165) is 6.07 Å². The average Bonchev–Trinajstić information content (AvgIpc) is 2.32. The summed E-state index contributed by atoms with van der Waals surface area (Å²) in [5.74, 6) is -0.488. The van der Waals surface area contributed by atoms with Gasteiger partial charge in [-0.25, -0.2) is 4.98 Å². The highest BCUT2D eigenvalue weighted by atomic mass is 35.5. The molecule has 0 aliphatic heterocycles. The van der Waals surface area contributed by atoms with Crippen LogP contribution < -0.4 is 10.5 Å². The maximum absolute atomic E-state index is 12.8. The van der Waals surface area contributed by atoms with E-state index in [0.29, 0.717) is 0 Å². The van der Waals surface area contributed by atoms with E-state index in [2.05, 4.69) is 4.98 Å². The fourth-order valence-corrected chi connectivity index (χ4v) is 1.59. The number of benzene rings is 1. The summed E-state index contributed by atoms with van der Waals surface area (Å²) < 4.78 is 43.4. The smallest absolute Gasteiger partial charge is 0.419 e. The van der Waals surface area contributed by atoms with Gasteiger partial charge in [-0.05, 0) is 18.2 Å². The normalized spacial score (nSPS) is 11.4. The molecule has 7 heteroatoms. The number of para-hydroxylation sites is 1. The summed E-state index contributed by atoms with van der Waals surface area (Å²) in [5.41, 5.74) is 4.74. The van der Waals surface area contributed by atoms with Crippen molar-refractivity contribution < 1.29 is 17.9 Å². The van der Waals surface area contributed by atoms with Crippen LogP contribution in [0.25, 0.3) is 0 Å². The Bertz CT molecular complexity index is 602. The van der Waals surface area contributed by atoms with Crippen LogP contribution in [0.2, 0.25) is 5.02 Å². The summed E-state index contributed by atoms with van der Waals surface area (Å²) in [6, 6.07) is 6.16. The van der Waals surface area contributed by atoms with Gasteiger partial charge in [0.05, 0.1) is 16.3 Å². The molecular weight excluding hydrogens is 281 g/mol. The minimum Gasteiger partial charge on any atom is -0.436 e. The van der Waals surface area contributed by atoms with Crippen LogP contribution in [0.5, 0.6) is 11.6 Å². The third kappa shape index (κ3) is 3.08. The number of hydrogen-bond donors (Lipinski definition) is 1. The Balaban J connectivity index is 2.39. The highest BCUT2D eigenvalue weighted by molar-refractivity contribution is 6.30. The second-order valence-corrected chi connectivity index (χ2v) is 4.08. The molecule has 0 saturated carbocycles. The SMILES string of the molecule is Nc1cc(Cl)cnc1Oc1ccccc1C(F)(F)F. The van der Waals surface area contributed by atoms with E-state index in [1.165, 1.54) is 30.5 Å². The first-order chi connectivity index (χ1) is 8.88. The third-order valence-electron chi connectivity index (χ3n) is 2.24. The zero-order valence-corrected chi connectivity index (χ0v) is 10.2.